The van der Waals surface area contributed by atoms with Gasteiger partial charge in [-0.1, -0.05) is 39.3 Å². The van der Waals surface area contributed by atoms with E-state index in [1.165, 1.54) is 4.68 Å². The van der Waals surface area contributed by atoms with Gasteiger partial charge in [0.25, 0.3) is 17.4 Å². The maximum Gasteiger partial charge on any atom is 0.275 e. The lowest BCUT2D eigenvalue weighted by Crippen LogP contribution is -2.74. The van der Waals surface area contributed by atoms with Crippen LogP contribution in [0.3, 0.4) is 0 Å². The molecule has 1 atom stereocenters. The molecular weight excluding hydrogens is 789 g/mol. The molecule has 0 spiro atoms. The van der Waals surface area contributed by atoms with Crippen molar-refractivity contribution in [1.82, 2.24) is 30.3 Å². The number of hydrogen-bond acceptors (Lipinski definition) is 11. The number of anilines is 2. The number of piperazine rings is 1. The number of rotatable bonds is 9. The van der Waals surface area contributed by atoms with Gasteiger partial charge in [0.15, 0.2) is 0 Å². The minimum atomic E-state index is -0.801. The quantitative estimate of drug-likeness (QED) is 0.171. The van der Waals surface area contributed by atoms with Gasteiger partial charge in [-0.15, -0.1) is 0 Å². The summed E-state index contributed by atoms with van der Waals surface area (Å²) in [4.78, 5) is 61.5. The van der Waals surface area contributed by atoms with Crippen LogP contribution in [0.4, 0.5) is 15.8 Å². The monoisotopic (exact) mass is 837 g/mol. The summed E-state index contributed by atoms with van der Waals surface area (Å²) in [6.45, 7) is 13.9. The predicted octanol–water partition coefficient (Wildman–Crippen LogP) is 5.08. The average molecular weight is 838 g/mol. The zero-order valence-electron chi connectivity index (χ0n) is 34.2. The smallest absolute Gasteiger partial charge is 0.275 e. The first-order valence-corrected chi connectivity index (χ1v) is 20.9. The summed E-state index contributed by atoms with van der Waals surface area (Å²) in [5.74, 6) is -0.932. The third-order valence-electron chi connectivity index (χ3n) is 13.0. The molecule has 16 heteroatoms. The number of ether oxygens (including phenoxy) is 1. The molecule has 14 nitrogen and oxygen atoms in total. The molecule has 0 bridgehead atoms. The maximum atomic E-state index is 15.6. The van der Waals surface area contributed by atoms with Crippen LogP contribution in [-0.4, -0.2) is 95.3 Å². The molecule has 2 N–H and O–H groups in total. The van der Waals surface area contributed by atoms with E-state index >= 15 is 4.39 Å². The standard InChI is InChI=1S/C44H49ClFN9O5/c1-43(2)41(44(3,4)42(43)60-30-7-5-27(23-47)32(45)22-30)51-38(57)33-9-10-34(37(46)49-33)54-15-13-26(14-16-54)25-52-17-19-53(20-18-52)29-6-8-31-28(21-29)24-48-55(40(31)59)35-11-12-36(56)50-39(35)58/h5-10,21-22,24,26,35,41-42H,11-20,25H2,1-4H3,(H,51,57)(H,50,56,58)/t35-,41-,42-/m1/s1. The zero-order valence-corrected chi connectivity index (χ0v) is 35.0. The minimum Gasteiger partial charge on any atom is -0.489 e. The second-order valence-corrected chi connectivity index (χ2v) is 18.1. The van der Waals surface area contributed by atoms with Crippen LogP contribution in [0.25, 0.3) is 10.8 Å². The molecule has 1 saturated carbocycles. The Balaban J connectivity index is 0.808. The summed E-state index contributed by atoms with van der Waals surface area (Å²) in [7, 11) is 0. The molecular formula is C44H49ClFN9O5. The highest BCUT2D eigenvalue weighted by Gasteiger charge is 2.64. The number of fused-ring (bicyclic) bond motifs is 1. The third kappa shape index (κ3) is 7.78. The summed E-state index contributed by atoms with van der Waals surface area (Å²) >= 11 is 6.23. The number of pyridine rings is 1. The van der Waals surface area contributed by atoms with Gasteiger partial charge < -0.3 is 19.9 Å². The number of nitrogens with zero attached hydrogens (tertiary/aromatic N) is 7. The van der Waals surface area contributed by atoms with E-state index < -0.39 is 34.6 Å². The Kier molecular flexibility index (Phi) is 11.1. The van der Waals surface area contributed by atoms with Gasteiger partial charge in [0.1, 0.15) is 29.7 Å². The fraction of sp³-hybridized carbons (Fsp3) is 0.477. The predicted molar refractivity (Wildman–Crippen MR) is 225 cm³/mol. The topological polar surface area (TPSA) is 166 Å². The molecule has 8 rings (SSSR count). The molecule has 314 valence electrons. The van der Waals surface area contributed by atoms with Crippen molar-refractivity contribution in [2.45, 2.75) is 71.6 Å². The fourth-order valence-electron chi connectivity index (χ4n) is 9.99. The first kappa shape index (κ1) is 41.2. The largest absolute Gasteiger partial charge is 0.489 e. The van der Waals surface area contributed by atoms with E-state index in [-0.39, 0.29) is 42.1 Å². The SMILES string of the molecule is CC1(C)[C@H](NC(=O)c2ccc(N3CCC(CN4CCN(c5ccc6c(=O)n([C@@H]7CCC(=O)NC7=O)ncc6c5)CC4)CC3)c(F)n2)C(C)(C)[C@H]1Oc1ccc(C#N)c(Cl)c1. The molecule has 5 heterocycles. The van der Waals surface area contributed by atoms with Crippen molar-refractivity contribution in [3.8, 4) is 11.8 Å². The highest BCUT2D eigenvalue weighted by Crippen LogP contribution is 2.55. The van der Waals surface area contributed by atoms with Crippen LogP contribution in [0.2, 0.25) is 5.02 Å². The van der Waals surface area contributed by atoms with Crippen molar-refractivity contribution >= 4 is 51.5 Å². The second-order valence-electron chi connectivity index (χ2n) is 17.7. The van der Waals surface area contributed by atoms with Gasteiger partial charge in [0.2, 0.25) is 11.9 Å². The van der Waals surface area contributed by atoms with E-state index in [9.17, 15) is 24.4 Å². The summed E-state index contributed by atoms with van der Waals surface area (Å²) in [6, 6.07) is 14.9. The molecule has 4 aliphatic rings. The highest BCUT2D eigenvalue weighted by atomic mass is 35.5. The fourth-order valence-corrected chi connectivity index (χ4v) is 10.2. The van der Waals surface area contributed by atoms with Crippen LogP contribution in [-0.2, 0) is 9.59 Å². The van der Waals surface area contributed by atoms with Gasteiger partial charge in [-0.05, 0) is 67.6 Å². The first-order chi connectivity index (χ1) is 28.6. The number of aromatic nitrogens is 3. The number of nitrogens with one attached hydrogen (secondary N) is 2. The molecule has 3 aliphatic heterocycles. The Bertz CT molecular complexity index is 2440. The van der Waals surface area contributed by atoms with E-state index in [0.717, 1.165) is 51.3 Å². The van der Waals surface area contributed by atoms with Crippen LogP contribution in [0.15, 0.2) is 59.5 Å². The Morgan fingerprint density at radius 1 is 0.967 bits per heavy atom. The van der Waals surface area contributed by atoms with Gasteiger partial charge in [-0.2, -0.15) is 14.8 Å². The van der Waals surface area contributed by atoms with Gasteiger partial charge in [-0.3, -0.25) is 29.4 Å². The summed E-state index contributed by atoms with van der Waals surface area (Å²) in [6.07, 6.45) is 3.59. The van der Waals surface area contributed by atoms with Gasteiger partial charge in [0.05, 0.1) is 27.9 Å². The molecule has 0 unspecified atom stereocenters. The van der Waals surface area contributed by atoms with Crippen LogP contribution in [0.5, 0.6) is 5.75 Å². The number of amides is 3. The Hall–Kier alpha value is -5.59. The molecule has 0 radical (unpaired) electrons. The lowest BCUT2D eigenvalue weighted by molar-refractivity contribution is -0.164. The normalized spacial score (nSPS) is 23.1. The number of nitriles is 1. The van der Waals surface area contributed by atoms with E-state index in [4.69, 9.17) is 16.3 Å². The van der Waals surface area contributed by atoms with Crippen LogP contribution >= 0.6 is 11.6 Å². The van der Waals surface area contributed by atoms with Crippen molar-refractivity contribution in [1.29, 1.82) is 5.26 Å². The van der Waals surface area contributed by atoms with E-state index in [2.05, 4.69) is 30.5 Å². The third-order valence-corrected chi connectivity index (χ3v) is 13.3. The Labute approximate surface area is 352 Å². The van der Waals surface area contributed by atoms with Gasteiger partial charge in [0, 0.05) is 86.2 Å². The van der Waals surface area contributed by atoms with Crippen molar-refractivity contribution in [3.63, 3.8) is 0 Å². The Morgan fingerprint density at radius 3 is 2.37 bits per heavy atom. The van der Waals surface area contributed by atoms with Crippen LogP contribution in [0, 0.1) is 34.0 Å². The molecule has 1 aliphatic carbocycles. The number of hydrogen-bond donors (Lipinski definition) is 2. The number of carbonyl (C=O) groups excluding carboxylic acids is 3. The minimum absolute atomic E-state index is 0.0218. The zero-order chi connectivity index (χ0) is 42.5. The van der Waals surface area contributed by atoms with Crippen molar-refractivity contribution < 1.29 is 23.5 Å². The molecule has 60 heavy (non-hydrogen) atoms. The number of imide groups is 1. The van der Waals surface area contributed by atoms with Gasteiger partial charge in [-0.25, -0.2) is 9.67 Å². The van der Waals surface area contributed by atoms with Gasteiger partial charge >= 0.3 is 0 Å². The average Bonchev–Trinajstić information content (AvgIpc) is 3.22. The molecule has 2 aromatic heterocycles. The second kappa shape index (κ2) is 16.1. The van der Waals surface area contributed by atoms with Crippen molar-refractivity contribution in [3.05, 3.63) is 87.3 Å². The summed E-state index contributed by atoms with van der Waals surface area (Å²) < 4.78 is 23.1. The van der Waals surface area contributed by atoms with Crippen molar-refractivity contribution in [2.24, 2.45) is 16.7 Å². The van der Waals surface area contributed by atoms with Crippen LogP contribution < -0.4 is 30.7 Å². The lowest BCUT2D eigenvalue weighted by atomic mass is 9.49. The van der Waals surface area contributed by atoms with E-state index in [0.29, 0.717) is 51.8 Å². The van der Waals surface area contributed by atoms with Crippen LogP contribution in [0.1, 0.15) is 75.5 Å². The Morgan fingerprint density at radius 2 is 1.70 bits per heavy atom. The molecule has 3 saturated heterocycles. The molecule has 2 aromatic carbocycles. The number of piperidine rings is 2. The molecule has 3 amide bonds. The number of halogens is 2. The molecule has 4 fully saturated rings. The first-order valence-electron chi connectivity index (χ1n) is 20.5. The number of benzene rings is 2. The number of carbonyl (C=O) groups is 3. The maximum absolute atomic E-state index is 15.6. The van der Waals surface area contributed by atoms with Crippen molar-refractivity contribution in [2.75, 3.05) is 55.6 Å². The lowest BCUT2D eigenvalue weighted by Gasteiger charge is -2.63. The summed E-state index contributed by atoms with van der Waals surface area (Å²) in [5.41, 5.74) is 0.510. The summed E-state index contributed by atoms with van der Waals surface area (Å²) in [5, 5.41) is 20.4. The van der Waals surface area contributed by atoms with E-state index in [1.807, 2.05) is 50.8 Å². The molecule has 4 aromatic rings. The van der Waals surface area contributed by atoms with E-state index in [1.54, 1.807) is 42.6 Å². The highest BCUT2D eigenvalue weighted by molar-refractivity contribution is 6.31.